The van der Waals surface area contributed by atoms with E-state index in [4.69, 9.17) is 5.11 Å². The molecule has 0 unspecified atom stereocenters. The number of carboxylic acid groups (broad SMARTS) is 1. The first-order valence-electron chi connectivity index (χ1n) is 5.95. The summed E-state index contributed by atoms with van der Waals surface area (Å²) in [5.41, 5.74) is 3.14. The van der Waals surface area contributed by atoms with Crippen LogP contribution in [0.4, 0.5) is 0 Å². The van der Waals surface area contributed by atoms with Gasteiger partial charge in [-0.3, -0.25) is 4.98 Å². The van der Waals surface area contributed by atoms with Crippen molar-refractivity contribution in [2.24, 2.45) is 0 Å². The molecule has 0 aliphatic carbocycles. The number of hydrogen-bond donors (Lipinski definition) is 1. The molecule has 0 aliphatic rings. The third kappa shape index (κ3) is 3.58. The largest absolute Gasteiger partial charge is 0.478 e. The lowest BCUT2D eigenvalue weighted by molar-refractivity contribution is 0.0696. The monoisotopic (exact) mass is 273 g/mol. The van der Waals surface area contributed by atoms with E-state index in [1.807, 2.05) is 37.3 Å². The zero-order valence-electron chi connectivity index (χ0n) is 10.9. The molecular weight excluding hydrogens is 258 g/mol. The average Bonchev–Trinajstić information content (AvgIpc) is 2.37. The van der Waals surface area contributed by atoms with E-state index in [0.29, 0.717) is 5.56 Å². The number of aromatic carboxylic acids is 1. The fourth-order valence-electron chi connectivity index (χ4n) is 1.76. The predicted molar refractivity (Wildman–Crippen MR) is 76.7 cm³/mol. The molecule has 0 saturated heterocycles. The molecule has 0 bridgehead atoms. The van der Waals surface area contributed by atoms with Gasteiger partial charge in [-0.25, -0.2) is 4.79 Å². The second-order valence-electron chi connectivity index (χ2n) is 4.34. The SMILES string of the molecule is Cc1cccc(CSc2ccc(C)c(C(=O)O)c2)n1. The van der Waals surface area contributed by atoms with Crippen LogP contribution in [0.5, 0.6) is 0 Å². The molecule has 0 aliphatic heterocycles. The summed E-state index contributed by atoms with van der Waals surface area (Å²) in [6.45, 7) is 3.77. The van der Waals surface area contributed by atoms with Gasteiger partial charge in [0.15, 0.2) is 0 Å². The van der Waals surface area contributed by atoms with Gasteiger partial charge in [-0.05, 0) is 43.7 Å². The van der Waals surface area contributed by atoms with E-state index >= 15 is 0 Å². The smallest absolute Gasteiger partial charge is 0.335 e. The first-order valence-corrected chi connectivity index (χ1v) is 6.94. The summed E-state index contributed by atoms with van der Waals surface area (Å²) in [7, 11) is 0. The van der Waals surface area contributed by atoms with Gasteiger partial charge in [-0.15, -0.1) is 11.8 Å². The van der Waals surface area contributed by atoms with Gasteiger partial charge in [0.25, 0.3) is 0 Å². The van der Waals surface area contributed by atoms with Gasteiger partial charge < -0.3 is 5.11 Å². The van der Waals surface area contributed by atoms with E-state index in [0.717, 1.165) is 27.6 Å². The predicted octanol–water partition coefficient (Wildman–Crippen LogP) is 3.69. The summed E-state index contributed by atoms with van der Waals surface area (Å²) in [6, 6.07) is 11.4. The molecule has 0 atom stereocenters. The van der Waals surface area contributed by atoms with Crippen LogP contribution in [0.3, 0.4) is 0 Å². The molecule has 0 fully saturated rings. The van der Waals surface area contributed by atoms with E-state index in [-0.39, 0.29) is 0 Å². The van der Waals surface area contributed by atoms with Crippen molar-refractivity contribution in [1.82, 2.24) is 4.98 Å². The summed E-state index contributed by atoms with van der Waals surface area (Å²) in [5.74, 6) is -0.141. The third-order valence-electron chi connectivity index (χ3n) is 2.77. The van der Waals surface area contributed by atoms with Gasteiger partial charge in [-0.1, -0.05) is 12.1 Å². The summed E-state index contributed by atoms with van der Waals surface area (Å²) >= 11 is 1.60. The Labute approximate surface area is 116 Å². The minimum Gasteiger partial charge on any atom is -0.478 e. The number of hydrogen-bond acceptors (Lipinski definition) is 3. The van der Waals surface area contributed by atoms with Crippen LogP contribution in [0.2, 0.25) is 0 Å². The molecule has 2 aromatic rings. The van der Waals surface area contributed by atoms with Gasteiger partial charge in [0.05, 0.1) is 11.3 Å². The van der Waals surface area contributed by atoms with Gasteiger partial charge in [-0.2, -0.15) is 0 Å². The maximum absolute atomic E-state index is 11.1. The van der Waals surface area contributed by atoms with E-state index in [1.165, 1.54) is 0 Å². The first kappa shape index (κ1) is 13.6. The Morgan fingerprint density at radius 2 is 2.05 bits per heavy atom. The van der Waals surface area contributed by atoms with Crippen LogP contribution in [0.25, 0.3) is 0 Å². The van der Waals surface area contributed by atoms with E-state index in [2.05, 4.69) is 4.98 Å². The van der Waals surface area contributed by atoms with E-state index in [1.54, 1.807) is 24.8 Å². The van der Waals surface area contributed by atoms with Crippen molar-refractivity contribution in [3.63, 3.8) is 0 Å². The van der Waals surface area contributed by atoms with Gasteiger partial charge in [0.1, 0.15) is 0 Å². The maximum atomic E-state index is 11.1. The Hall–Kier alpha value is -1.81. The number of aromatic nitrogens is 1. The summed E-state index contributed by atoms with van der Waals surface area (Å²) < 4.78 is 0. The van der Waals surface area contributed by atoms with Crippen molar-refractivity contribution in [1.29, 1.82) is 0 Å². The lowest BCUT2D eigenvalue weighted by Crippen LogP contribution is -1.99. The summed E-state index contributed by atoms with van der Waals surface area (Å²) in [4.78, 5) is 16.4. The van der Waals surface area contributed by atoms with Crippen molar-refractivity contribution in [3.05, 3.63) is 58.9 Å². The molecule has 3 nitrogen and oxygen atoms in total. The second-order valence-corrected chi connectivity index (χ2v) is 5.39. The molecule has 4 heteroatoms. The number of carboxylic acids is 1. The average molecular weight is 273 g/mol. The number of nitrogens with zero attached hydrogens (tertiary/aromatic N) is 1. The van der Waals surface area contributed by atoms with Gasteiger partial charge in [0, 0.05) is 16.3 Å². The molecule has 1 aromatic heterocycles. The Morgan fingerprint density at radius 1 is 1.26 bits per heavy atom. The van der Waals surface area contributed by atoms with Crippen molar-refractivity contribution >= 4 is 17.7 Å². The van der Waals surface area contributed by atoms with E-state index < -0.39 is 5.97 Å². The van der Waals surface area contributed by atoms with E-state index in [9.17, 15) is 4.79 Å². The number of rotatable bonds is 4. The Morgan fingerprint density at radius 3 is 2.74 bits per heavy atom. The molecule has 19 heavy (non-hydrogen) atoms. The molecule has 0 radical (unpaired) electrons. The van der Waals surface area contributed by atoms with Crippen LogP contribution in [-0.2, 0) is 5.75 Å². The normalized spacial score (nSPS) is 10.4. The van der Waals surface area contributed by atoms with Crippen LogP contribution in [-0.4, -0.2) is 16.1 Å². The Bertz CT molecular complexity index is 611. The highest BCUT2D eigenvalue weighted by atomic mass is 32.2. The minimum atomic E-state index is -0.881. The van der Waals surface area contributed by atoms with Gasteiger partial charge in [0.2, 0.25) is 0 Å². The van der Waals surface area contributed by atoms with Crippen LogP contribution in [0.1, 0.15) is 27.3 Å². The quantitative estimate of drug-likeness (QED) is 0.863. The fourth-order valence-corrected chi connectivity index (χ4v) is 2.60. The lowest BCUT2D eigenvalue weighted by Gasteiger charge is -2.05. The van der Waals surface area contributed by atoms with Crippen LogP contribution < -0.4 is 0 Å². The first-order chi connectivity index (χ1) is 9.06. The molecule has 0 spiro atoms. The highest BCUT2D eigenvalue weighted by Crippen LogP contribution is 2.24. The summed E-state index contributed by atoms with van der Waals surface area (Å²) in [6.07, 6.45) is 0. The second kappa shape index (κ2) is 5.89. The highest BCUT2D eigenvalue weighted by molar-refractivity contribution is 7.98. The lowest BCUT2D eigenvalue weighted by atomic mass is 10.1. The molecule has 1 heterocycles. The summed E-state index contributed by atoms with van der Waals surface area (Å²) in [5, 5.41) is 9.09. The minimum absolute atomic E-state index is 0.363. The van der Waals surface area contributed by atoms with Crippen molar-refractivity contribution in [3.8, 4) is 0 Å². The Kier molecular flexibility index (Phi) is 4.22. The van der Waals surface area contributed by atoms with Crippen molar-refractivity contribution in [2.45, 2.75) is 24.5 Å². The molecule has 1 N–H and O–H groups in total. The van der Waals surface area contributed by atoms with Crippen LogP contribution in [0.15, 0.2) is 41.3 Å². The number of aryl methyl sites for hydroxylation is 2. The molecule has 1 aromatic carbocycles. The Balaban J connectivity index is 2.12. The van der Waals surface area contributed by atoms with Crippen molar-refractivity contribution < 1.29 is 9.90 Å². The fraction of sp³-hybridized carbons (Fsp3) is 0.200. The molecule has 0 saturated carbocycles. The van der Waals surface area contributed by atoms with Gasteiger partial charge >= 0.3 is 5.97 Å². The van der Waals surface area contributed by atoms with Crippen LogP contribution >= 0.6 is 11.8 Å². The highest BCUT2D eigenvalue weighted by Gasteiger charge is 2.08. The molecule has 98 valence electrons. The van der Waals surface area contributed by atoms with Crippen molar-refractivity contribution in [2.75, 3.05) is 0 Å². The molecular formula is C15H15NO2S. The zero-order valence-corrected chi connectivity index (χ0v) is 11.7. The standard InChI is InChI=1S/C15H15NO2S/c1-10-6-7-13(8-14(10)15(17)18)19-9-12-5-3-4-11(2)16-12/h3-8H,9H2,1-2H3,(H,17,18). The number of carbonyl (C=O) groups is 1. The zero-order chi connectivity index (χ0) is 13.8. The topological polar surface area (TPSA) is 50.2 Å². The third-order valence-corrected chi connectivity index (χ3v) is 3.80. The molecule has 0 amide bonds. The molecule has 2 rings (SSSR count). The number of thioether (sulfide) groups is 1. The number of pyridine rings is 1. The maximum Gasteiger partial charge on any atom is 0.335 e. The number of benzene rings is 1. The van der Waals surface area contributed by atoms with Crippen LogP contribution in [0, 0.1) is 13.8 Å².